The second-order valence-corrected chi connectivity index (χ2v) is 7.37. The van der Waals surface area contributed by atoms with E-state index in [1.54, 1.807) is 26.0 Å². The lowest BCUT2D eigenvalue weighted by Crippen LogP contribution is -2.43. The average molecular weight is 327 g/mol. The number of rotatable bonds is 7. The average Bonchev–Trinajstić information content (AvgIpc) is 2.47. The minimum Gasteiger partial charge on any atom is -0.207 e. The van der Waals surface area contributed by atoms with Crippen LogP contribution in [0.15, 0.2) is 18.2 Å². The molecule has 7 heteroatoms. The molecule has 0 fully saturated rings. The molecule has 0 saturated heterocycles. The van der Waals surface area contributed by atoms with Crippen LogP contribution in [-0.4, -0.2) is 37.2 Å². The maximum atomic E-state index is 13.8. The highest BCUT2D eigenvalue weighted by Gasteiger charge is 2.27. The highest BCUT2D eigenvalue weighted by atomic mass is 32.2. The summed E-state index contributed by atoms with van der Waals surface area (Å²) in [4.78, 5) is 0. The summed E-state index contributed by atoms with van der Waals surface area (Å²) in [5, 5.41) is 8.85. The third-order valence-electron chi connectivity index (χ3n) is 3.36. The third-order valence-corrected chi connectivity index (χ3v) is 5.34. The van der Waals surface area contributed by atoms with Crippen molar-refractivity contribution in [2.45, 2.75) is 27.3 Å². The molecule has 1 rings (SSSR count). The topological polar surface area (TPSA) is 64.4 Å². The summed E-state index contributed by atoms with van der Waals surface area (Å²) in [7, 11) is -2.32. The van der Waals surface area contributed by atoms with Gasteiger partial charge in [-0.05, 0) is 19.9 Å². The monoisotopic (exact) mass is 327 g/mol. The van der Waals surface area contributed by atoms with Crippen LogP contribution >= 0.6 is 0 Å². The number of hydrogen-bond donors (Lipinski definition) is 0. The first-order valence-corrected chi connectivity index (χ1v) is 8.48. The smallest absolute Gasteiger partial charge is 0.207 e. The Hall–Kier alpha value is -1.49. The van der Waals surface area contributed by atoms with Crippen molar-refractivity contribution in [1.29, 1.82) is 5.26 Å². The molecular formula is C15H22FN3O2S. The standard InChI is InChI=1S/C15H22FN3O2S/c1-5-19(10-13(3)9-17)22(20,21)18(4)11-14-8-12(2)6-7-15(14)16/h6-8,13H,5,10-11H2,1-4H3. The maximum Gasteiger partial charge on any atom is 0.282 e. The van der Waals surface area contributed by atoms with E-state index in [0.717, 1.165) is 9.87 Å². The van der Waals surface area contributed by atoms with E-state index in [1.807, 2.05) is 13.0 Å². The Morgan fingerprint density at radius 2 is 2.05 bits per heavy atom. The molecule has 0 heterocycles. The van der Waals surface area contributed by atoms with Crippen LogP contribution in [0.4, 0.5) is 4.39 Å². The van der Waals surface area contributed by atoms with Crippen LogP contribution in [0.25, 0.3) is 0 Å². The van der Waals surface area contributed by atoms with E-state index in [0.29, 0.717) is 5.56 Å². The van der Waals surface area contributed by atoms with Gasteiger partial charge in [0.15, 0.2) is 0 Å². The summed E-state index contributed by atoms with van der Waals surface area (Å²) < 4.78 is 41.2. The normalized spacial score (nSPS) is 13.4. The fraction of sp³-hybridized carbons (Fsp3) is 0.533. The predicted octanol–water partition coefficient (Wildman–Crippen LogP) is 2.29. The van der Waals surface area contributed by atoms with Gasteiger partial charge in [-0.3, -0.25) is 0 Å². The molecule has 1 aromatic carbocycles. The summed E-state index contributed by atoms with van der Waals surface area (Å²) in [6, 6.07) is 6.63. The molecule has 0 aliphatic rings. The Balaban J connectivity index is 2.96. The molecule has 0 aliphatic heterocycles. The van der Waals surface area contributed by atoms with E-state index in [1.165, 1.54) is 17.4 Å². The van der Waals surface area contributed by atoms with Gasteiger partial charge in [0.25, 0.3) is 10.2 Å². The van der Waals surface area contributed by atoms with Crippen molar-refractivity contribution >= 4 is 10.2 Å². The van der Waals surface area contributed by atoms with Gasteiger partial charge in [-0.2, -0.15) is 22.3 Å². The summed E-state index contributed by atoms with van der Waals surface area (Å²) in [6.07, 6.45) is 0. The Morgan fingerprint density at radius 1 is 1.41 bits per heavy atom. The van der Waals surface area contributed by atoms with E-state index in [2.05, 4.69) is 0 Å². The molecule has 122 valence electrons. The van der Waals surface area contributed by atoms with Gasteiger partial charge in [-0.15, -0.1) is 0 Å². The quantitative estimate of drug-likeness (QED) is 0.772. The van der Waals surface area contributed by atoms with Crippen molar-refractivity contribution in [2.75, 3.05) is 20.1 Å². The second-order valence-electron chi connectivity index (χ2n) is 5.34. The summed E-state index contributed by atoms with van der Waals surface area (Å²) in [6.45, 7) is 5.53. The van der Waals surface area contributed by atoms with Gasteiger partial charge in [0.1, 0.15) is 5.82 Å². The minimum absolute atomic E-state index is 0.0483. The van der Waals surface area contributed by atoms with E-state index in [9.17, 15) is 12.8 Å². The SMILES string of the molecule is CCN(CC(C)C#N)S(=O)(=O)N(C)Cc1cc(C)ccc1F. The number of benzene rings is 1. The molecule has 1 atom stereocenters. The van der Waals surface area contributed by atoms with Crippen LogP contribution in [0.3, 0.4) is 0 Å². The lowest BCUT2D eigenvalue weighted by atomic mass is 10.1. The highest BCUT2D eigenvalue weighted by Crippen LogP contribution is 2.16. The van der Waals surface area contributed by atoms with Gasteiger partial charge in [0.05, 0.1) is 12.0 Å². The van der Waals surface area contributed by atoms with Crippen LogP contribution in [0.5, 0.6) is 0 Å². The molecule has 22 heavy (non-hydrogen) atoms. The van der Waals surface area contributed by atoms with Crippen LogP contribution < -0.4 is 0 Å². The summed E-state index contributed by atoms with van der Waals surface area (Å²) in [5.74, 6) is -0.833. The van der Waals surface area contributed by atoms with E-state index in [-0.39, 0.29) is 19.6 Å². The van der Waals surface area contributed by atoms with Crippen LogP contribution in [0.1, 0.15) is 25.0 Å². The molecule has 1 aromatic rings. The molecule has 0 aromatic heterocycles. The number of hydrogen-bond acceptors (Lipinski definition) is 3. The molecule has 0 radical (unpaired) electrons. The number of halogens is 1. The molecule has 0 saturated carbocycles. The molecule has 0 N–H and O–H groups in total. The van der Waals surface area contributed by atoms with Crippen LogP contribution in [0.2, 0.25) is 0 Å². The lowest BCUT2D eigenvalue weighted by Gasteiger charge is -2.27. The van der Waals surface area contributed by atoms with Gasteiger partial charge in [-0.1, -0.05) is 24.6 Å². The van der Waals surface area contributed by atoms with Crippen LogP contribution in [0, 0.1) is 30.0 Å². The summed E-state index contributed by atoms with van der Waals surface area (Å²) >= 11 is 0. The third kappa shape index (κ3) is 4.50. The fourth-order valence-corrected chi connectivity index (χ4v) is 3.51. The minimum atomic E-state index is -3.74. The van der Waals surface area contributed by atoms with Crippen molar-refractivity contribution in [3.05, 3.63) is 35.1 Å². The molecular weight excluding hydrogens is 305 g/mol. The zero-order valence-electron chi connectivity index (χ0n) is 13.4. The Morgan fingerprint density at radius 3 is 2.59 bits per heavy atom. The Kier molecular flexibility index (Phi) is 6.48. The molecule has 0 bridgehead atoms. The Bertz CT molecular complexity index is 655. The highest BCUT2D eigenvalue weighted by molar-refractivity contribution is 7.86. The van der Waals surface area contributed by atoms with Gasteiger partial charge in [0.2, 0.25) is 0 Å². The van der Waals surface area contributed by atoms with Crippen LogP contribution in [-0.2, 0) is 16.8 Å². The van der Waals surface area contributed by atoms with Gasteiger partial charge in [-0.25, -0.2) is 4.39 Å². The molecule has 0 amide bonds. The first-order chi connectivity index (χ1) is 10.2. The Labute approximate surface area is 132 Å². The van der Waals surface area contributed by atoms with Gasteiger partial charge >= 0.3 is 0 Å². The predicted molar refractivity (Wildman–Crippen MR) is 83.5 cm³/mol. The van der Waals surface area contributed by atoms with E-state index >= 15 is 0 Å². The van der Waals surface area contributed by atoms with Crippen molar-refractivity contribution < 1.29 is 12.8 Å². The number of nitrogens with zero attached hydrogens (tertiary/aromatic N) is 3. The number of aryl methyl sites for hydroxylation is 1. The largest absolute Gasteiger partial charge is 0.282 e. The molecule has 0 aliphatic carbocycles. The molecule has 0 spiro atoms. The zero-order chi connectivity index (χ0) is 16.9. The van der Waals surface area contributed by atoms with Gasteiger partial charge in [0, 0.05) is 32.2 Å². The van der Waals surface area contributed by atoms with Crippen molar-refractivity contribution in [2.24, 2.45) is 5.92 Å². The summed E-state index contributed by atoms with van der Waals surface area (Å²) in [5.41, 5.74) is 1.20. The van der Waals surface area contributed by atoms with Gasteiger partial charge < -0.3 is 0 Å². The first-order valence-electron chi connectivity index (χ1n) is 7.08. The van der Waals surface area contributed by atoms with E-state index < -0.39 is 21.9 Å². The first kappa shape index (κ1) is 18.6. The van der Waals surface area contributed by atoms with Crippen molar-refractivity contribution in [3.8, 4) is 6.07 Å². The van der Waals surface area contributed by atoms with Crippen molar-refractivity contribution in [3.63, 3.8) is 0 Å². The molecule has 5 nitrogen and oxygen atoms in total. The lowest BCUT2D eigenvalue weighted by molar-refractivity contribution is 0.348. The second kappa shape index (κ2) is 7.68. The zero-order valence-corrected chi connectivity index (χ0v) is 14.2. The fourth-order valence-electron chi connectivity index (χ4n) is 2.08. The number of nitriles is 1. The maximum absolute atomic E-state index is 13.8. The van der Waals surface area contributed by atoms with Crippen molar-refractivity contribution in [1.82, 2.24) is 8.61 Å². The molecule has 1 unspecified atom stereocenters. The van der Waals surface area contributed by atoms with E-state index in [4.69, 9.17) is 5.26 Å².